The molecule has 0 saturated carbocycles. The highest BCUT2D eigenvalue weighted by Gasteiger charge is 2.11. The Morgan fingerprint density at radius 3 is 2.68 bits per heavy atom. The molecule has 0 fully saturated rings. The molecule has 1 amide bonds. The summed E-state index contributed by atoms with van der Waals surface area (Å²) in [7, 11) is 3.79. The maximum absolute atomic E-state index is 12.2. The molecule has 19 heavy (non-hydrogen) atoms. The monoisotopic (exact) mass is 257 g/mol. The van der Waals surface area contributed by atoms with Gasteiger partial charge in [0.1, 0.15) is 5.69 Å². The summed E-state index contributed by atoms with van der Waals surface area (Å²) in [5.74, 6) is -0.0859. The van der Waals surface area contributed by atoms with Crippen LogP contribution in [0.2, 0.25) is 0 Å². The molecular weight excluding hydrogens is 238 g/mol. The third kappa shape index (κ3) is 3.03. The van der Waals surface area contributed by atoms with Gasteiger partial charge in [0.2, 0.25) is 0 Å². The van der Waals surface area contributed by atoms with Crippen LogP contribution in [0.4, 0.5) is 5.69 Å². The van der Waals surface area contributed by atoms with Gasteiger partial charge in [0.15, 0.2) is 0 Å². The molecule has 0 aliphatic heterocycles. The van der Waals surface area contributed by atoms with Gasteiger partial charge < -0.3 is 15.2 Å². The van der Waals surface area contributed by atoms with Crippen molar-refractivity contribution in [2.45, 2.75) is 13.5 Å². The Morgan fingerprint density at radius 1 is 1.26 bits per heavy atom. The summed E-state index contributed by atoms with van der Waals surface area (Å²) in [4.78, 5) is 12.2. The van der Waals surface area contributed by atoms with Crippen molar-refractivity contribution in [2.24, 2.45) is 7.05 Å². The molecule has 0 unspecified atom stereocenters. The molecular formula is C15H19N3O. The molecule has 4 heteroatoms. The van der Waals surface area contributed by atoms with Crippen LogP contribution in [0.1, 0.15) is 21.7 Å². The fourth-order valence-electron chi connectivity index (χ4n) is 2.00. The standard InChI is InChI=1S/C15H19N3O/c1-11-7-8-14(18(11)3)15(19)17-13-6-4-5-12(9-13)10-16-2/h4-9,16H,10H2,1-3H3,(H,17,19). The van der Waals surface area contributed by atoms with Gasteiger partial charge in [0.05, 0.1) is 0 Å². The topological polar surface area (TPSA) is 46.1 Å². The average molecular weight is 257 g/mol. The van der Waals surface area contributed by atoms with E-state index < -0.39 is 0 Å². The number of aryl methyl sites for hydroxylation is 1. The molecule has 0 aliphatic carbocycles. The lowest BCUT2D eigenvalue weighted by atomic mass is 10.2. The SMILES string of the molecule is CNCc1cccc(NC(=O)c2ccc(C)n2C)c1. The Morgan fingerprint density at radius 2 is 2.05 bits per heavy atom. The van der Waals surface area contributed by atoms with Gasteiger partial charge in [-0.25, -0.2) is 0 Å². The number of hydrogen-bond acceptors (Lipinski definition) is 2. The van der Waals surface area contributed by atoms with Crippen LogP contribution in [0.15, 0.2) is 36.4 Å². The molecule has 1 aromatic heterocycles. The van der Waals surface area contributed by atoms with E-state index in [0.29, 0.717) is 5.69 Å². The molecule has 1 heterocycles. The number of carbonyl (C=O) groups excluding carboxylic acids is 1. The van der Waals surface area contributed by atoms with Crippen molar-refractivity contribution < 1.29 is 4.79 Å². The number of anilines is 1. The number of benzene rings is 1. The Bertz CT molecular complexity index is 587. The second-order valence-electron chi connectivity index (χ2n) is 4.60. The maximum atomic E-state index is 12.2. The number of aromatic nitrogens is 1. The van der Waals surface area contributed by atoms with Gasteiger partial charge in [-0.1, -0.05) is 12.1 Å². The van der Waals surface area contributed by atoms with Crippen molar-refractivity contribution in [3.8, 4) is 0 Å². The summed E-state index contributed by atoms with van der Waals surface area (Å²) in [6.07, 6.45) is 0. The summed E-state index contributed by atoms with van der Waals surface area (Å²) < 4.78 is 1.88. The van der Waals surface area contributed by atoms with Gasteiger partial charge in [0, 0.05) is 25.0 Å². The second kappa shape index (κ2) is 5.71. The van der Waals surface area contributed by atoms with E-state index in [-0.39, 0.29) is 5.91 Å². The first-order chi connectivity index (χ1) is 9.11. The van der Waals surface area contributed by atoms with E-state index in [0.717, 1.165) is 23.5 Å². The fraction of sp³-hybridized carbons (Fsp3) is 0.267. The van der Waals surface area contributed by atoms with Crippen molar-refractivity contribution in [3.05, 3.63) is 53.3 Å². The van der Waals surface area contributed by atoms with Crippen LogP contribution in [-0.4, -0.2) is 17.5 Å². The van der Waals surface area contributed by atoms with Gasteiger partial charge in [-0.15, -0.1) is 0 Å². The molecule has 1 aromatic carbocycles. The number of rotatable bonds is 4. The maximum Gasteiger partial charge on any atom is 0.272 e. The lowest BCUT2D eigenvalue weighted by Crippen LogP contribution is -2.16. The van der Waals surface area contributed by atoms with E-state index in [4.69, 9.17) is 0 Å². The van der Waals surface area contributed by atoms with Crippen LogP contribution in [0.5, 0.6) is 0 Å². The summed E-state index contributed by atoms with van der Waals surface area (Å²) in [6.45, 7) is 2.76. The smallest absolute Gasteiger partial charge is 0.272 e. The lowest BCUT2D eigenvalue weighted by Gasteiger charge is -2.08. The first-order valence-corrected chi connectivity index (χ1v) is 6.29. The van der Waals surface area contributed by atoms with Crippen molar-refractivity contribution >= 4 is 11.6 Å². The molecule has 0 saturated heterocycles. The largest absolute Gasteiger partial charge is 0.344 e. The van der Waals surface area contributed by atoms with E-state index in [1.807, 2.05) is 62.0 Å². The minimum Gasteiger partial charge on any atom is -0.344 e. The fourth-order valence-corrected chi connectivity index (χ4v) is 2.00. The van der Waals surface area contributed by atoms with Crippen molar-refractivity contribution in [1.29, 1.82) is 0 Å². The zero-order valence-electron chi connectivity index (χ0n) is 11.5. The molecule has 0 atom stereocenters. The summed E-state index contributed by atoms with van der Waals surface area (Å²) in [6, 6.07) is 11.6. The Kier molecular flexibility index (Phi) is 4.02. The second-order valence-corrected chi connectivity index (χ2v) is 4.60. The quantitative estimate of drug-likeness (QED) is 0.883. The molecule has 2 rings (SSSR count). The molecule has 2 aromatic rings. The van der Waals surface area contributed by atoms with E-state index in [9.17, 15) is 4.79 Å². The van der Waals surface area contributed by atoms with E-state index in [2.05, 4.69) is 10.6 Å². The predicted octanol–water partition coefficient (Wildman–Crippen LogP) is 2.31. The highest BCUT2D eigenvalue weighted by atomic mass is 16.1. The number of carbonyl (C=O) groups is 1. The Labute approximate surface area is 113 Å². The van der Waals surface area contributed by atoms with Crippen LogP contribution >= 0.6 is 0 Å². The van der Waals surface area contributed by atoms with Gasteiger partial charge >= 0.3 is 0 Å². The summed E-state index contributed by atoms with van der Waals surface area (Å²) in [5.41, 5.74) is 3.69. The third-order valence-corrected chi connectivity index (χ3v) is 3.17. The van der Waals surface area contributed by atoms with Gasteiger partial charge in [-0.3, -0.25) is 4.79 Å². The van der Waals surface area contributed by atoms with Crippen LogP contribution < -0.4 is 10.6 Å². The molecule has 0 spiro atoms. The van der Waals surface area contributed by atoms with E-state index >= 15 is 0 Å². The first-order valence-electron chi connectivity index (χ1n) is 6.29. The number of amides is 1. The minimum absolute atomic E-state index is 0.0859. The van der Waals surface area contributed by atoms with E-state index in [1.54, 1.807) is 0 Å². The molecule has 0 bridgehead atoms. The highest BCUT2D eigenvalue weighted by molar-refractivity contribution is 6.03. The lowest BCUT2D eigenvalue weighted by molar-refractivity contribution is 0.101. The van der Waals surface area contributed by atoms with Gasteiger partial charge in [-0.2, -0.15) is 0 Å². The molecule has 0 aliphatic rings. The predicted molar refractivity (Wildman–Crippen MR) is 77.3 cm³/mol. The summed E-state index contributed by atoms with van der Waals surface area (Å²) >= 11 is 0. The normalized spacial score (nSPS) is 10.5. The Balaban J connectivity index is 2.15. The van der Waals surface area contributed by atoms with E-state index in [1.165, 1.54) is 0 Å². The summed E-state index contributed by atoms with van der Waals surface area (Å²) in [5, 5.41) is 6.02. The minimum atomic E-state index is -0.0859. The van der Waals surface area contributed by atoms with Crippen molar-refractivity contribution in [1.82, 2.24) is 9.88 Å². The molecule has 2 N–H and O–H groups in total. The highest BCUT2D eigenvalue weighted by Crippen LogP contribution is 2.13. The number of nitrogens with one attached hydrogen (secondary N) is 2. The number of hydrogen-bond donors (Lipinski definition) is 2. The molecule has 100 valence electrons. The number of nitrogens with zero attached hydrogens (tertiary/aromatic N) is 1. The zero-order valence-corrected chi connectivity index (χ0v) is 11.5. The van der Waals surface area contributed by atoms with Crippen molar-refractivity contribution in [2.75, 3.05) is 12.4 Å². The van der Waals surface area contributed by atoms with Gasteiger partial charge in [-0.05, 0) is 43.8 Å². The third-order valence-electron chi connectivity index (χ3n) is 3.17. The van der Waals surface area contributed by atoms with Crippen molar-refractivity contribution in [3.63, 3.8) is 0 Å². The van der Waals surface area contributed by atoms with Crippen LogP contribution in [0.25, 0.3) is 0 Å². The zero-order chi connectivity index (χ0) is 13.8. The molecule has 0 radical (unpaired) electrons. The van der Waals surface area contributed by atoms with Gasteiger partial charge in [0.25, 0.3) is 5.91 Å². The van der Waals surface area contributed by atoms with Crippen LogP contribution in [-0.2, 0) is 13.6 Å². The average Bonchev–Trinajstić information content (AvgIpc) is 2.71. The first kappa shape index (κ1) is 13.4. The Hall–Kier alpha value is -2.07. The molecule has 4 nitrogen and oxygen atoms in total. The van der Waals surface area contributed by atoms with Crippen LogP contribution in [0, 0.1) is 6.92 Å². The van der Waals surface area contributed by atoms with Crippen LogP contribution in [0.3, 0.4) is 0 Å².